The minimum Gasteiger partial charge on any atom is -0.261 e. The molecule has 0 aliphatic heterocycles. The van der Waals surface area contributed by atoms with Gasteiger partial charge in [-0.2, -0.15) is 0 Å². The number of pyridine rings is 1. The third-order valence-electron chi connectivity index (χ3n) is 1.82. The summed E-state index contributed by atoms with van der Waals surface area (Å²) in [4.78, 5) is 3.87. The second kappa shape index (κ2) is 4.93. The zero-order valence-electron chi connectivity index (χ0n) is 8.22. The first-order chi connectivity index (χ1) is 8.00. The molecule has 0 saturated carbocycles. The molecule has 0 aliphatic carbocycles. The van der Waals surface area contributed by atoms with E-state index in [1.54, 1.807) is 23.6 Å². The van der Waals surface area contributed by atoms with Gasteiger partial charge in [0.25, 0.3) is 10.0 Å². The molecule has 0 unspecified atom stereocenters. The number of nitrogens with one attached hydrogen (secondary N) is 1. The zero-order valence-corrected chi connectivity index (χ0v) is 12.2. The van der Waals surface area contributed by atoms with Crippen LogP contribution in [0.4, 0.5) is 5.82 Å². The van der Waals surface area contributed by atoms with Gasteiger partial charge in [0.2, 0.25) is 0 Å². The maximum absolute atomic E-state index is 12.0. The van der Waals surface area contributed by atoms with E-state index < -0.39 is 10.0 Å². The molecule has 0 spiro atoms. The SMILES string of the molecule is O=S(=O)(Nc1ncccc1Cl)c1sccc1Br. The van der Waals surface area contributed by atoms with Gasteiger partial charge in [0.1, 0.15) is 0 Å². The number of aromatic nitrogens is 1. The lowest BCUT2D eigenvalue weighted by molar-refractivity contribution is 0.602. The van der Waals surface area contributed by atoms with Crippen molar-refractivity contribution in [3.05, 3.63) is 39.3 Å². The highest BCUT2D eigenvalue weighted by Crippen LogP contribution is 2.30. The Kier molecular flexibility index (Phi) is 3.72. The summed E-state index contributed by atoms with van der Waals surface area (Å²) >= 11 is 10.1. The van der Waals surface area contributed by atoms with Crippen LogP contribution >= 0.6 is 38.9 Å². The summed E-state index contributed by atoms with van der Waals surface area (Å²) in [6, 6.07) is 4.86. The summed E-state index contributed by atoms with van der Waals surface area (Å²) in [5.74, 6) is 0.120. The van der Waals surface area contributed by atoms with Crippen LogP contribution in [0.2, 0.25) is 5.02 Å². The Hall–Kier alpha value is -0.630. The molecule has 8 heteroatoms. The van der Waals surface area contributed by atoms with Gasteiger partial charge in [0.15, 0.2) is 10.0 Å². The molecule has 0 bridgehead atoms. The molecule has 0 aromatic carbocycles. The van der Waals surface area contributed by atoms with Crippen LogP contribution in [0.1, 0.15) is 0 Å². The van der Waals surface area contributed by atoms with Gasteiger partial charge in [-0.1, -0.05) is 11.6 Å². The van der Waals surface area contributed by atoms with Crippen LogP contribution in [0, 0.1) is 0 Å². The Balaban J connectivity index is 2.37. The Morgan fingerprint density at radius 3 is 2.76 bits per heavy atom. The van der Waals surface area contributed by atoms with Crippen LogP contribution in [0.25, 0.3) is 0 Å². The van der Waals surface area contributed by atoms with E-state index in [-0.39, 0.29) is 15.0 Å². The van der Waals surface area contributed by atoms with Crippen LogP contribution < -0.4 is 4.72 Å². The summed E-state index contributed by atoms with van der Waals surface area (Å²) in [6.07, 6.45) is 1.47. The summed E-state index contributed by atoms with van der Waals surface area (Å²) < 4.78 is 27.1. The molecule has 2 rings (SSSR count). The quantitative estimate of drug-likeness (QED) is 0.920. The van der Waals surface area contributed by atoms with Gasteiger partial charge < -0.3 is 0 Å². The second-order valence-electron chi connectivity index (χ2n) is 3.00. The lowest BCUT2D eigenvalue weighted by Gasteiger charge is -2.06. The fourth-order valence-corrected chi connectivity index (χ4v) is 4.70. The van der Waals surface area contributed by atoms with Gasteiger partial charge in [-0.05, 0) is 39.5 Å². The summed E-state index contributed by atoms with van der Waals surface area (Å²) in [5, 5.41) is 1.93. The largest absolute Gasteiger partial charge is 0.273 e. The zero-order chi connectivity index (χ0) is 12.5. The fourth-order valence-electron chi connectivity index (χ4n) is 1.11. The van der Waals surface area contributed by atoms with Gasteiger partial charge in [0, 0.05) is 10.7 Å². The Labute approximate surface area is 116 Å². The summed E-state index contributed by atoms with van der Waals surface area (Å²) in [6.45, 7) is 0. The molecule has 2 heterocycles. The first-order valence-corrected chi connectivity index (χ1v) is 7.90. The molecule has 0 saturated heterocycles. The van der Waals surface area contributed by atoms with Gasteiger partial charge in [0.05, 0.1) is 5.02 Å². The first kappa shape index (κ1) is 12.8. The fraction of sp³-hybridized carbons (Fsp3) is 0. The van der Waals surface area contributed by atoms with Crippen molar-refractivity contribution in [2.75, 3.05) is 4.72 Å². The lowest BCUT2D eigenvalue weighted by Crippen LogP contribution is -2.13. The normalized spacial score (nSPS) is 11.4. The van der Waals surface area contributed by atoms with E-state index >= 15 is 0 Å². The lowest BCUT2D eigenvalue weighted by atomic mass is 10.5. The number of thiophene rings is 1. The van der Waals surface area contributed by atoms with Crippen molar-refractivity contribution in [2.45, 2.75) is 4.21 Å². The molecular formula is C9H6BrClN2O2S2. The van der Waals surface area contributed by atoms with Crippen LogP contribution in [-0.4, -0.2) is 13.4 Å². The van der Waals surface area contributed by atoms with Crippen molar-refractivity contribution in [3.8, 4) is 0 Å². The van der Waals surface area contributed by atoms with Gasteiger partial charge in [-0.15, -0.1) is 11.3 Å². The van der Waals surface area contributed by atoms with Crippen molar-refractivity contribution in [3.63, 3.8) is 0 Å². The molecule has 90 valence electrons. The van der Waals surface area contributed by atoms with Gasteiger partial charge in [-0.25, -0.2) is 13.4 Å². The molecule has 17 heavy (non-hydrogen) atoms. The molecule has 0 amide bonds. The Morgan fingerprint density at radius 2 is 2.18 bits per heavy atom. The first-order valence-electron chi connectivity index (χ1n) is 4.37. The number of halogens is 2. The number of hydrogen-bond acceptors (Lipinski definition) is 4. The average Bonchev–Trinajstić information content (AvgIpc) is 2.68. The van der Waals surface area contributed by atoms with E-state index in [0.717, 1.165) is 11.3 Å². The molecule has 0 aliphatic rings. The number of hydrogen-bond donors (Lipinski definition) is 1. The third-order valence-corrected chi connectivity index (χ3v) is 6.13. The van der Waals surface area contributed by atoms with E-state index in [4.69, 9.17) is 11.6 Å². The van der Waals surface area contributed by atoms with E-state index in [9.17, 15) is 8.42 Å². The summed E-state index contributed by atoms with van der Waals surface area (Å²) in [5.41, 5.74) is 0. The molecule has 1 N–H and O–H groups in total. The van der Waals surface area contributed by atoms with Crippen molar-refractivity contribution in [2.24, 2.45) is 0 Å². The standard InChI is InChI=1S/C9H6BrClN2O2S2/c10-6-3-5-16-9(6)17(14,15)13-8-7(11)2-1-4-12-8/h1-5H,(H,12,13). The van der Waals surface area contributed by atoms with Gasteiger partial charge in [-0.3, -0.25) is 4.72 Å². The van der Waals surface area contributed by atoms with Gasteiger partial charge >= 0.3 is 0 Å². The molecule has 2 aromatic rings. The van der Waals surface area contributed by atoms with E-state index in [1.807, 2.05) is 0 Å². The number of sulfonamides is 1. The number of rotatable bonds is 3. The molecule has 0 radical (unpaired) electrons. The monoisotopic (exact) mass is 352 g/mol. The highest BCUT2D eigenvalue weighted by Gasteiger charge is 2.20. The average molecular weight is 354 g/mol. The topological polar surface area (TPSA) is 59.1 Å². The minimum absolute atomic E-state index is 0.120. The van der Waals surface area contributed by atoms with Crippen molar-refractivity contribution in [1.82, 2.24) is 4.98 Å². The number of nitrogens with zero attached hydrogens (tertiary/aromatic N) is 1. The maximum atomic E-state index is 12.0. The molecule has 0 fully saturated rings. The molecule has 2 aromatic heterocycles. The predicted octanol–water partition coefficient (Wildman–Crippen LogP) is 3.36. The highest BCUT2D eigenvalue weighted by molar-refractivity contribution is 9.10. The Bertz CT molecular complexity index is 642. The highest BCUT2D eigenvalue weighted by atomic mass is 79.9. The second-order valence-corrected chi connectivity index (χ2v) is 7.05. The van der Waals surface area contributed by atoms with E-state index in [0.29, 0.717) is 4.47 Å². The molecular weight excluding hydrogens is 348 g/mol. The summed E-state index contributed by atoms with van der Waals surface area (Å²) in [7, 11) is -3.65. The molecule has 0 atom stereocenters. The Morgan fingerprint density at radius 1 is 1.41 bits per heavy atom. The smallest absolute Gasteiger partial charge is 0.261 e. The van der Waals surface area contributed by atoms with Crippen LogP contribution in [-0.2, 0) is 10.0 Å². The predicted molar refractivity (Wildman–Crippen MR) is 72.1 cm³/mol. The maximum Gasteiger partial charge on any atom is 0.273 e. The number of anilines is 1. The van der Waals surface area contributed by atoms with Crippen molar-refractivity contribution < 1.29 is 8.42 Å². The van der Waals surface area contributed by atoms with Crippen LogP contribution in [0.5, 0.6) is 0 Å². The van der Waals surface area contributed by atoms with E-state index in [1.165, 1.54) is 6.20 Å². The van der Waals surface area contributed by atoms with Crippen molar-refractivity contribution in [1.29, 1.82) is 0 Å². The van der Waals surface area contributed by atoms with Crippen molar-refractivity contribution >= 4 is 54.7 Å². The van der Waals surface area contributed by atoms with E-state index in [2.05, 4.69) is 25.6 Å². The van der Waals surface area contributed by atoms with Crippen LogP contribution in [0.15, 0.2) is 38.5 Å². The molecule has 4 nitrogen and oxygen atoms in total. The van der Waals surface area contributed by atoms with Crippen LogP contribution in [0.3, 0.4) is 0 Å². The third kappa shape index (κ3) is 2.79. The minimum atomic E-state index is -3.65.